The molecule has 0 aliphatic carbocycles. The van der Waals surface area contributed by atoms with Crippen molar-refractivity contribution in [3.63, 3.8) is 0 Å². The second-order valence-corrected chi connectivity index (χ2v) is 10.0. The van der Waals surface area contributed by atoms with Crippen LogP contribution in [-0.4, -0.2) is 31.1 Å². The van der Waals surface area contributed by atoms with Crippen LogP contribution in [0.1, 0.15) is 15.9 Å². The summed E-state index contributed by atoms with van der Waals surface area (Å²) in [7, 11) is -3.15. The first-order chi connectivity index (χ1) is 17.5. The highest BCUT2D eigenvalue weighted by molar-refractivity contribution is 7.86. The van der Waals surface area contributed by atoms with Gasteiger partial charge in [0.1, 0.15) is 22.0 Å². The lowest BCUT2D eigenvalue weighted by molar-refractivity contribution is 0.102. The van der Waals surface area contributed by atoms with Crippen molar-refractivity contribution in [1.29, 1.82) is 0 Å². The number of halogens is 2. The number of nitrogens with zero attached hydrogens (tertiary/aromatic N) is 2. The number of fused-ring (bicyclic) bond motifs is 1. The van der Waals surface area contributed by atoms with Gasteiger partial charge < -0.3 is 15.2 Å². The van der Waals surface area contributed by atoms with E-state index in [9.17, 15) is 22.9 Å². The van der Waals surface area contributed by atoms with Crippen LogP contribution in [0.25, 0.3) is 10.8 Å². The number of aromatic hydroxyl groups is 1. The average molecular weight is 560 g/mol. The Bertz CT molecular complexity index is 1690. The van der Waals surface area contributed by atoms with Crippen molar-refractivity contribution in [2.45, 2.75) is 11.8 Å². The molecule has 0 spiro atoms. The molecule has 0 fully saturated rings. The number of carbonyl (C=O) groups excluding carboxylic acids is 1. The number of methoxy groups -OCH3 is 1. The number of phenolic OH excluding ortho intramolecular Hbond substituents is 1. The molecule has 9 nitrogen and oxygen atoms in total. The predicted octanol–water partition coefficient (Wildman–Crippen LogP) is 7.08. The summed E-state index contributed by atoms with van der Waals surface area (Å²) in [6, 6.07) is 15.9. The van der Waals surface area contributed by atoms with Gasteiger partial charge in [-0.3, -0.25) is 9.35 Å². The molecule has 3 N–H and O–H groups in total. The van der Waals surface area contributed by atoms with Gasteiger partial charge in [0.15, 0.2) is 5.75 Å². The number of anilines is 1. The molecule has 0 aliphatic rings. The maximum absolute atomic E-state index is 13.1. The van der Waals surface area contributed by atoms with Crippen LogP contribution in [-0.2, 0) is 10.1 Å². The van der Waals surface area contributed by atoms with Gasteiger partial charge in [0.2, 0.25) is 0 Å². The molecule has 0 bridgehead atoms. The van der Waals surface area contributed by atoms with Gasteiger partial charge in [0, 0.05) is 11.1 Å². The van der Waals surface area contributed by atoms with E-state index < -0.39 is 26.7 Å². The minimum absolute atomic E-state index is 0.0407. The number of aryl methyl sites for hydroxylation is 1. The molecule has 0 saturated heterocycles. The standard InChI is InChI=1S/C25H19Cl2N3O6S/c1-13-7-9-19(21(27)24(13)37(33,34)35)29-30-22-16-6-4-3-5-14(16)11-17(23(22)31)25(32)28-15-8-10-20(36-2)18(26)12-15/h3-12,31H,1-2H3,(H,28,32)(H,33,34,35). The van der Waals surface area contributed by atoms with Crippen molar-refractivity contribution in [3.05, 3.63) is 81.8 Å². The zero-order valence-electron chi connectivity index (χ0n) is 19.4. The third-order valence-electron chi connectivity index (χ3n) is 5.44. The van der Waals surface area contributed by atoms with Crippen molar-refractivity contribution >= 4 is 67.1 Å². The van der Waals surface area contributed by atoms with E-state index in [4.69, 9.17) is 27.9 Å². The summed E-state index contributed by atoms with van der Waals surface area (Å²) in [6.45, 7) is 1.47. The maximum atomic E-state index is 13.1. The minimum Gasteiger partial charge on any atom is -0.505 e. The van der Waals surface area contributed by atoms with E-state index >= 15 is 0 Å². The highest BCUT2D eigenvalue weighted by atomic mass is 35.5. The molecule has 0 radical (unpaired) electrons. The van der Waals surface area contributed by atoms with E-state index in [1.807, 2.05) is 0 Å². The SMILES string of the molecule is COc1ccc(NC(=O)c2cc3ccccc3c(N=Nc3ccc(C)c(S(=O)(=O)O)c3Cl)c2O)cc1Cl. The van der Waals surface area contributed by atoms with Crippen LogP contribution >= 0.6 is 23.2 Å². The number of amides is 1. The van der Waals surface area contributed by atoms with Gasteiger partial charge in [0.05, 0.1) is 22.7 Å². The summed E-state index contributed by atoms with van der Waals surface area (Å²) in [4.78, 5) is 12.6. The molecule has 0 aliphatic heterocycles. The molecule has 0 atom stereocenters. The van der Waals surface area contributed by atoms with Crippen LogP contribution in [0.15, 0.2) is 75.8 Å². The lowest BCUT2D eigenvalue weighted by Gasteiger charge is -2.12. The highest BCUT2D eigenvalue weighted by Crippen LogP contribution is 2.41. The number of hydrogen-bond acceptors (Lipinski definition) is 7. The normalized spacial score (nSPS) is 11.7. The Balaban J connectivity index is 1.79. The van der Waals surface area contributed by atoms with E-state index in [2.05, 4.69) is 15.5 Å². The number of ether oxygens (including phenoxy) is 1. The van der Waals surface area contributed by atoms with Crippen LogP contribution in [0.3, 0.4) is 0 Å². The van der Waals surface area contributed by atoms with Crippen molar-refractivity contribution < 1.29 is 27.6 Å². The fourth-order valence-electron chi connectivity index (χ4n) is 3.67. The van der Waals surface area contributed by atoms with Gasteiger partial charge in [-0.2, -0.15) is 8.42 Å². The van der Waals surface area contributed by atoms with Gasteiger partial charge in [0.25, 0.3) is 16.0 Å². The van der Waals surface area contributed by atoms with E-state index in [-0.39, 0.29) is 32.5 Å². The predicted molar refractivity (Wildman–Crippen MR) is 142 cm³/mol. The molecule has 0 saturated carbocycles. The third-order valence-corrected chi connectivity index (χ3v) is 7.27. The molecule has 4 aromatic rings. The molecule has 1 amide bonds. The number of carbonyl (C=O) groups is 1. The fourth-order valence-corrected chi connectivity index (χ4v) is 5.28. The minimum atomic E-state index is -4.62. The fraction of sp³-hybridized carbons (Fsp3) is 0.0800. The van der Waals surface area contributed by atoms with E-state index in [1.165, 1.54) is 38.3 Å². The summed E-state index contributed by atoms with van der Waals surface area (Å²) in [5.41, 5.74) is 0.396. The van der Waals surface area contributed by atoms with Crippen molar-refractivity contribution in [2.75, 3.05) is 12.4 Å². The smallest absolute Gasteiger partial charge is 0.296 e. The average Bonchev–Trinajstić information content (AvgIpc) is 2.83. The summed E-state index contributed by atoms with van der Waals surface area (Å²) in [6.07, 6.45) is 0. The van der Waals surface area contributed by atoms with Gasteiger partial charge in [-0.25, -0.2) is 0 Å². The van der Waals surface area contributed by atoms with Crippen LogP contribution in [0.4, 0.5) is 17.1 Å². The van der Waals surface area contributed by atoms with Crippen LogP contribution < -0.4 is 10.1 Å². The Kier molecular flexibility index (Phi) is 7.37. The van der Waals surface area contributed by atoms with E-state index in [0.717, 1.165) is 0 Å². The second kappa shape index (κ2) is 10.3. The lowest BCUT2D eigenvalue weighted by Crippen LogP contribution is -2.12. The zero-order valence-corrected chi connectivity index (χ0v) is 21.7. The summed E-state index contributed by atoms with van der Waals surface area (Å²) in [5.74, 6) is -0.663. The zero-order chi connectivity index (χ0) is 26.9. The Morgan fingerprint density at radius 2 is 1.76 bits per heavy atom. The molecule has 0 heterocycles. The monoisotopic (exact) mass is 559 g/mol. The summed E-state index contributed by atoms with van der Waals surface area (Å²) >= 11 is 12.3. The molecular weight excluding hydrogens is 541 g/mol. The number of azo groups is 1. The highest BCUT2D eigenvalue weighted by Gasteiger charge is 2.22. The van der Waals surface area contributed by atoms with Gasteiger partial charge in [-0.05, 0) is 48.2 Å². The van der Waals surface area contributed by atoms with Crippen LogP contribution in [0, 0.1) is 6.92 Å². The van der Waals surface area contributed by atoms with Gasteiger partial charge in [-0.1, -0.05) is 53.5 Å². The number of hydrogen-bond donors (Lipinski definition) is 3. The largest absolute Gasteiger partial charge is 0.505 e. The number of nitrogens with one attached hydrogen (secondary N) is 1. The molecule has 190 valence electrons. The number of benzene rings is 4. The molecule has 0 unspecified atom stereocenters. The Morgan fingerprint density at radius 3 is 2.43 bits per heavy atom. The molecule has 4 rings (SSSR count). The molecule has 0 aromatic heterocycles. The van der Waals surface area contributed by atoms with Gasteiger partial charge in [-0.15, -0.1) is 10.2 Å². The summed E-state index contributed by atoms with van der Waals surface area (Å²) < 4.78 is 38.2. The summed E-state index contributed by atoms with van der Waals surface area (Å²) in [5, 5.41) is 22.8. The van der Waals surface area contributed by atoms with Gasteiger partial charge >= 0.3 is 0 Å². The van der Waals surface area contributed by atoms with Crippen LogP contribution in [0.2, 0.25) is 10.0 Å². The Labute approximate surface area is 222 Å². The molecular formula is C25H19Cl2N3O6S. The second-order valence-electron chi connectivity index (χ2n) is 7.87. The molecule has 37 heavy (non-hydrogen) atoms. The first kappa shape index (κ1) is 26.4. The van der Waals surface area contributed by atoms with Crippen molar-refractivity contribution in [2.24, 2.45) is 10.2 Å². The third kappa shape index (κ3) is 5.37. The Morgan fingerprint density at radius 1 is 1.03 bits per heavy atom. The molecule has 12 heteroatoms. The first-order valence-electron chi connectivity index (χ1n) is 10.6. The quantitative estimate of drug-likeness (QED) is 0.170. The van der Waals surface area contributed by atoms with E-state index in [1.54, 1.807) is 36.4 Å². The first-order valence-corrected chi connectivity index (χ1v) is 12.8. The van der Waals surface area contributed by atoms with Crippen molar-refractivity contribution in [3.8, 4) is 11.5 Å². The topological polar surface area (TPSA) is 138 Å². The molecule has 4 aromatic carbocycles. The lowest BCUT2D eigenvalue weighted by atomic mass is 10.0. The Hall–Kier alpha value is -3.70. The van der Waals surface area contributed by atoms with E-state index in [0.29, 0.717) is 22.2 Å². The number of rotatable bonds is 6. The van der Waals surface area contributed by atoms with Crippen LogP contribution in [0.5, 0.6) is 11.5 Å². The number of phenols is 1. The maximum Gasteiger partial charge on any atom is 0.296 e. The van der Waals surface area contributed by atoms with Crippen molar-refractivity contribution in [1.82, 2.24) is 0 Å².